The number of piperidine rings is 1. The van der Waals surface area contributed by atoms with Crippen molar-refractivity contribution >= 4 is 33.2 Å². The zero-order chi connectivity index (χ0) is 21.0. The SMILES string of the molecule is Cc1ccc(Cl)cc1N(CC(=O)NC1CCN(C)CC1)S(=O)(=O)c1ccccc1. The summed E-state index contributed by atoms with van der Waals surface area (Å²) < 4.78 is 27.9. The molecule has 1 aliphatic heterocycles. The van der Waals surface area contributed by atoms with Crippen molar-refractivity contribution in [2.45, 2.75) is 30.7 Å². The van der Waals surface area contributed by atoms with E-state index in [-0.39, 0.29) is 23.4 Å². The van der Waals surface area contributed by atoms with Gasteiger partial charge in [-0.3, -0.25) is 9.10 Å². The second-order valence-corrected chi connectivity index (χ2v) is 9.70. The number of amides is 1. The molecule has 8 heteroatoms. The predicted octanol–water partition coefficient (Wildman–Crippen LogP) is 3.05. The Morgan fingerprint density at radius 3 is 2.48 bits per heavy atom. The lowest BCUT2D eigenvalue weighted by molar-refractivity contribution is -0.120. The Morgan fingerprint density at radius 1 is 1.17 bits per heavy atom. The number of anilines is 1. The Kier molecular flexibility index (Phi) is 6.82. The molecule has 2 aromatic rings. The van der Waals surface area contributed by atoms with E-state index in [2.05, 4.69) is 10.2 Å². The molecule has 3 rings (SSSR count). The van der Waals surface area contributed by atoms with E-state index in [1.807, 2.05) is 7.05 Å². The molecule has 0 aromatic heterocycles. The highest BCUT2D eigenvalue weighted by Crippen LogP contribution is 2.29. The molecule has 0 saturated carbocycles. The van der Waals surface area contributed by atoms with Crippen molar-refractivity contribution < 1.29 is 13.2 Å². The monoisotopic (exact) mass is 435 g/mol. The van der Waals surface area contributed by atoms with Crippen LogP contribution in [0.5, 0.6) is 0 Å². The number of benzene rings is 2. The van der Waals surface area contributed by atoms with Crippen LogP contribution in [0, 0.1) is 6.92 Å². The molecule has 29 heavy (non-hydrogen) atoms. The summed E-state index contributed by atoms with van der Waals surface area (Å²) in [4.78, 5) is 15.1. The Labute approximate surface area is 177 Å². The highest BCUT2D eigenvalue weighted by atomic mass is 35.5. The van der Waals surface area contributed by atoms with Crippen LogP contribution in [0.1, 0.15) is 18.4 Å². The summed E-state index contributed by atoms with van der Waals surface area (Å²) in [5.41, 5.74) is 1.13. The van der Waals surface area contributed by atoms with Gasteiger partial charge in [-0.1, -0.05) is 35.9 Å². The van der Waals surface area contributed by atoms with Crippen LogP contribution in [-0.4, -0.2) is 51.9 Å². The summed E-state index contributed by atoms with van der Waals surface area (Å²) in [6.45, 7) is 3.31. The first-order valence-corrected chi connectivity index (χ1v) is 11.4. The molecule has 1 aliphatic rings. The number of sulfonamides is 1. The van der Waals surface area contributed by atoms with Gasteiger partial charge >= 0.3 is 0 Å². The largest absolute Gasteiger partial charge is 0.352 e. The molecule has 2 aromatic carbocycles. The first-order valence-electron chi connectivity index (χ1n) is 9.59. The number of hydrogen-bond acceptors (Lipinski definition) is 4. The van der Waals surface area contributed by atoms with Crippen molar-refractivity contribution in [3.8, 4) is 0 Å². The molecule has 0 atom stereocenters. The van der Waals surface area contributed by atoms with E-state index in [0.29, 0.717) is 10.7 Å². The summed E-state index contributed by atoms with van der Waals surface area (Å²) in [6, 6.07) is 13.2. The molecular formula is C21H26ClN3O3S. The van der Waals surface area contributed by atoms with E-state index in [1.165, 1.54) is 12.1 Å². The fourth-order valence-corrected chi connectivity index (χ4v) is 5.09. The van der Waals surface area contributed by atoms with Gasteiger partial charge in [0, 0.05) is 11.1 Å². The third-order valence-corrected chi connectivity index (χ3v) is 7.15. The minimum atomic E-state index is -3.93. The van der Waals surface area contributed by atoms with E-state index >= 15 is 0 Å². The molecule has 0 aliphatic carbocycles. The number of hydrogen-bond donors (Lipinski definition) is 1. The molecule has 1 fully saturated rings. The third-order valence-electron chi connectivity index (χ3n) is 5.14. The maximum atomic E-state index is 13.4. The number of nitrogens with zero attached hydrogens (tertiary/aromatic N) is 2. The Balaban J connectivity index is 1.89. The van der Waals surface area contributed by atoms with Crippen molar-refractivity contribution in [3.63, 3.8) is 0 Å². The summed E-state index contributed by atoms with van der Waals surface area (Å²) in [6.07, 6.45) is 1.70. The van der Waals surface area contributed by atoms with Crippen LogP contribution in [0.25, 0.3) is 0 Å². The summed E-state index contributed by atoms with van der Waals surface area (Å²) >= 11 is 6.14. The lowest BCUT2D eigenvalue weighted by atomic mass is 10.1. The second-order valence-electron chi connectivity index (χ2n) is 7.40. The van der Waals surface area contributed by atoms with Gasteiger partial charge < -0.3 is 10.2 Å². The van der Waals surface area contributed by atoms with Gasteiger partial charge in [-0.25, -0.2) is 8.42 Å². The van der Waals surface area contributed by atoms with Gasteiger partial charge in [-0.2, -0.15) is 0 Å². The predicted molar refractivity (Wildman–Crippen MR) is 116 cm³/mol. The lowest BCUT2D eigenvalue weighted by Gasteiger charge is -2.31. The average Bonchev–Trinajstić information content (AvgIpc) is 2.70. The molecule has 0 bridgehead atoms. The van der Waals surface area contributed by atoms with Crippen LogP contribution < -0.4 is 9.62 Å². The number of nitrogens with one attached hydrogen (secondary N) is 1. The molecule has 1 saturated heterocycles. The van der Waals surface area contributed by atoms with Crippen LogP contribution in [0.15, 0.2) is 53.4 Å². The van der Waals surface area contributed by atoms with E-state index < -0.39 is 10.0 Å². The van der Waals surface area contributed by atoms with Crippen molar-refractivity contribution in [3.05, 3.63) is 59.1 Å². The third kappa shape index (κ3) is 5.29. The number of carbonyl (C=O) groups excluding carboxylic acids is 1. The molecular weight excluding hydrogens is 410 g/mol. The van der Waals surface area contributed by atoms with Crippen LogP contribution in [0.3, 0.4) is 0 Å². The summed E-state index contributed by atoms with van der Waals surface area (Å²) in [5, 5.41) is 3.40. The Morgan fingerprint density at radius 2 is 1.83 bits per heavy atom. The number of carbonyl (C=O) groups is 1. The molecule has 1 heterocycles. The van der Waals surface area contributed by atoms with Gasteiger partial charge in [0.15, 0.2) is 0 Å². The molecule has 6 nitrogen and oxygen atoms in total. The normalized spacial score (nSPS) is 15.8. The quantitative estimate of drug-likeness (QED) is 0.757. The smallest absolute Gasteiger partial charge is 0.264 e. The molecule has 156 valence electrons. The average molecular weight is 436 g/mol. The fraction of sp³-hybridized carbons (Fsp3) is 0.381. The number of likely N-dealkylation sites (tertiary alicyclic amines) is 1. The number of rotatable bonds is 6. The highest BCUT2D eigenvalue weighted by molar-refractivity contribution is 7.92. The number of halogens is 1. The van der Waals surface area contributed by atoms with Crippen LogP contribution in [-0.2, 0) is 14.8 Å². The Hall–Kier alpha value is -2.09. The Bertz CT molecular complexity index is 958. The minimum Gasteiger partial charge on any atom is -0.352 e. The minimum absolute atomic E-state index is 0.0560. The van der Waals surface area contributed by atoms with E-state index in [9.17, 15) is 13.2 Å². The zero-order valence-electron chi connectivity index (χ0n) is 16.6. The first-order chi connectivity index (χ1) is 13.8. The molecule has 1 N–H and O–H groups in total. The highest BCUT2D eigenvalue weighted by Gasteiger charge is 2.29. The van der Waals surface area contributed by atoms with Crippen LogP contribution in [0.2, 0.25) is 5.02 Å². The van der Waals surface area contributed by atoms with Gasteiger partial charge in [-0.15, -0.1) is 0 Å². The fourth-order valence-electron chi connectivity index (χ4n) is 3.43. The topological polar surface area (TPSA) is 69.7 Å². The lowest BCUT2D eigenvalue weighted by Crippen LogP contribution is -2.48. The van der Waals surface area contributed by atoms with Crippen molar-refractivity contribution in [1.29, 1.82) is 0 Å². The van der Waals surface area contributed by atoms with E-state index in [1.54, 1.807) is 43.3 Å². The summed E-state index contributed by atoms with van der Waals surface area (Å²) in [7, 11) is -1.88. The van der Waals surface area contributed by atoms with Gasteiger partial charge in [0.25, 0.3) is 10.0 Å². The van der Waals surface area contributed by atoms with Crippen molar-refractivity contribution in [1.82, 2.24) is 10.2 Å². The van der Waals surface area contributed by atoms with Gasteiger partial charge in [-0.05, 0) is 69.7 Å². The summed E-state index contributed by atoms with van der Waals surface area (Å²) in [5.74, 6) is -0.321. The standard InChI is InChI=1S/C21H26ClN3O3S/c1-16-8-9-17(22)14-20(16)25(29(27,28)19-6-4-3-5-7-19)15-21(26)23-18-10-12-24(2)13-11-18/h3-9,14,18H,10-13,15H2,1-2H3,(H,23,26). The molecule has 0 radical (unpaired) electrons. The maximum absolute atomic E-state index is 13.4. The molecule has 0 spiro atoms. The molecule has 1 amide bonds. The van der Waals surface area contributed by atoms with Gasteiger partial charge in [0.2, 0.25) is 5.91 Å². The van der Waals surface area contributed by atoms with Crippen molar-refractivity contribution in [2.75, 3.05) is 31.0 Å². The number of aryl methyl sites for hydroxylation is 1. The van der Waals surface area contributed by atoms with Gasteiger partial charge in [0.1, 0.15) is 6.54 Å². The first kappa shape index (κ1) is 21.6. The van der Waals surface area contributed by atoms with Crippen molar-refractivity contribution in [2.24, 2.45) is 0 Å². The molecule has 0 unspecified atom stereocenters. The second kappa shape index (κ2) is 9.15. The van der Waals surface area contributed by atoms with Crippen LogP contribution in [0.4, 0.5) is 5.69 Å². The van der Waals surface area contributed by atoms with Crippen LogP contribution >= 0.6 is 11.6 Å². The van der Waals surface area contributed by atoms with Gasteiger partial charge in [0.05, 0.1) is 10.6 Å². The maximum Gasteiger partial charge on any atom is 0.264 e. The van der Waals surface area contributed by atoms with E-state index in [0.717, 1.165) is 35.8 Å². The zero-order valence-corrected chi connectivity index (χ0v) is 18.2. The van der Waals surface area contributed by atoms with E-state index in [4.69, 9.17) is 11.6 Å².